The number of aromatic amines is 1. The molecule has 5 nitrogen and oxygen atoms in total. The van der Waals surface area contributed by atoms with Gasteiger partial charge in [-0.2, -0.15) is 5.10 Å². The molecule has 0 atom stereocenters. The number of H-pyrrole nitrogens is 1. The first-order valence-electron chi connectivity index (χ1n) is 5.75. The van der Waals surface area contributed by atoms with Crippen LogP contribution in [0.2, 0.25) is 0 Å². The first-order valence-corrected chi connectivity index (χ1v) is 5.75. The number of nitrogens with one attached hydrogen (secondary N) is 1. The molecule has 0 aromatic carbocycles. The molecule has 0 saturated heterocycles. The summed E-state index contributed by atoms with van der Waals surface area (Å²) in [5, 5.41) is 7.89. The first-order chi connectivity index (χ1) is 7.86. The Balaban J connectivity index is 2.38. The Hall–Kier alpha value is -1.65. The van der Waals surface area contributed by atoms with E-state index in [2.05, 4.69) is 38.9 Å². The van der Waals surface area contributed by atoms with Gasteiger partial charge in [0.1, 0.15) is 12.1 Å². The molecule has 0 amide bonds. The largest absolute Gasteiger partial charge is 0.356 e. The third-order valence-corrected chi connectivity index (χ3v) is 2.51. The molecule has 5 heteroatoms. The predicted molar refractivity (Wildman–Crippen MR) is 64.5 cm³/mol. The summed E-state index contributed by atoms with van der Waals surface area (Å²) >= 11 is 0. The third kappa shape index (κ3) is 1.98. The highest BCUT2D eigenvalue weighted by atomic mass is 15.2. The van der Waals surface area contributed by atoms with Crippen LogP contribution in [-0.4, -0.2) is 33.3 Å². The van der Waals surface area contributed by atoms with Crippen LogP contribution < -0.4 is 4.90 Å². The molecule has 0 spiro atoms. The van der Waals surface area contributed by atoms with Gasteiger partial charge in [-0.25, -0.2) is 9.97 Å². The molecule has 0 radical (unpaired) electrons. The molecule has 16 heavy (non-hydrogen) atoms. The highest BCUT2D eigenvalue weighted by Gasteiger charge is 2.11. The number of nitrogens with zero attached hydrogens (tertiary/aromatic N) is 4. The zero-order chi connectivity index (χ0) is 11.4. The molecular formula is C11H17N5. The van der Waals surface area contributed by atoms with Crippen molar-refractivity contribution >= 4 is 16.9 Å². The van der Waals surface area contributed by atoms with E-state index in [-0.39, 0.29) is 0 Å². The molecule has 0 bridgehead atoms. The second-order valence-corrected chi connectivity index (χ2v) is 3.82. The van der Waals surface area contributed by atoms with Crippen molar-refractivity contribution in [3.05, 3.63) is 12.5 Å². The molecule has 2 aromatic rings. The van der Waals surface area contributed by atoms with Crippen molar-refractivity contribution in [1.82, 2.24) is 20.2 Å². The fraction of sp³-hybridized carbons (Fsp3) is 0.545. The minimum Gasteiger partial charge on any atom is -0.356 e. The smallest absolute Gasteiger partial charge is 0.160 e. The Morgan fingerprint density at radius 2 is 1.94 bits per heavy atom. The SMILES string of the molecule is CCCN(CCC)c1ncnc2[nH]ncc12. The number of hydrogen-bond acceptors (Lipinski definition) is 4. The van der Waals surface area contributed by atoms with Crippen LogP contribution in [0.5, 0.6) is 0 Å². The van der Waals surface area contributed by atoms with Gasteiger partial charge >= 0.3 is 0 Å². The van der Waals surface area contributed by atoms with Gasteiger partial charge in [-0.3, -0.25) is 5.10 Å². The molecule has 2 heterocycles. The average Bonchev–Trinajstić information content (AvgIpc) is 2.76. The lowest BCUT2D eigenvalue weighted by molar-refractivity contribution is 0.736. The van der Waals surface area contributed by atoms with Gasteiger partial charge in [-0.05, 0) is 12.8 Å². The molecule has 2 rings (SSSR count). The maximum Gasteiger partial charge on any atom is 0.160 e. The summed E-state index contributed by atoms with van der Waals surface area (Å²) in [4.78, 5) is 10.8. The Morgan fingerprint density at radius 3 is 2.62 bits per heavy atom. The Morgan fingerprint density at radius 1 is 1.19 bits per heavy atom. The second-order valence-electron chi connectivity index (χ2n) is 3.82. The second kappa shape index (κ2) is 4.92. The fourth-order valence-corrected chi connectivity index (χ4v) is 1.87. The number of hydrogen-bond donors (Lipinski definition) is 1. The standard InChI is InChI=1S/C11H17N5/c1-3-5-16(6-4-2)11-9-7-14-15-10(9)12-8-13-11/h7-8H,3-6H2,1-2H3,(H,12,13,14,15). The normalized spacial score (nSPS) is 10.9. The van der Waals surface area contributed by atoms with Crippen LogP contribution in [0, 0.1) is 0 Å². The lowest BCUT2D eigenvalue weighted by atomic mass is 10.3. The molecule has 1 N–H and O–H groups in total. The summed E-state index contributed by atoms with van der Waals surface area (Å²) in [7, 11) is 0. The van der Waals surface area contributed by atoms with E-state index in [1.807, 2.05) is 0 Å². The van der Waals surface area contributed by atoms with E-state index in [4.69, 9.17) is 0 Å². The molecule has 0 saturated carbocycles. The van der Waals surface area contributed by atoms with Crippen LogP contribution in [0.4, 0.5) is 5.82 Å². The average molecular weight is 219 g/mol. The first kappa shape index (κ1) is 10.9. The molecule has 0 aliphatic rings. The summed E-state index contributed by atoms with van der Waals surface area (Å²) in [5.41, 5.74) is 0.808. The van der Waals surface area contributed by atoms with Crippen molar-refractivity contribution in [3.63, 3.8) is 0 Å². The van der Waals surface area contributed by atoms with Crippen LogP contribution in [0.3, 0.4) is 0 Å². The monoisotopic (exact) mass is 219 g/mol. The minimum atomic E-state index is 0.808. The van der Waals surface area contributed by atoms with Gasteiger partial charge in [0, 0.05) is 13.1 Å². The van der Waals surface area contributed by atoms with Crippen molar-refractivity contribution in [3.8, 4) is 0 Å². The van der Waals surface area contributed by atoms with Crippen LogP contribution >= 0.6 is 0 Å². The number of aromatic nitrogens is 4. The van der Waals surface area contributed by atoms with Crippen molar-refractivity contribution in [2.45, 2.75) is 26.7 Å². The number of fused-ring (bicyclic) bond motifs is 1. The topological polar surface area (TPSA) is 57.7 Å². The quantitative estimate of drug-likeness (QED) is 0.835. The Bertz CT molecular complexity index is 444. The summed E-state index contributed by atoms with van der Waals surface area (Å²) in [5.74, 6) is 0.988. The van der Waals surface area contributed by atoms with E-state index < -0.39 is 0 Å². The van der Waals surface area contributed by atoms with Gasteiger partial charge in [0.2, 0.25) is 0 Å². The Labute approximate surface area is 94.9 Å². The number of anilines is 1. The van der Waals surface area contributed by atoms with Crippen molar-refractivity contribution < 1.29 is 0 Å². The lowest BCUT2D eigenvalue weighted by Crippen LogP contribution is -2.26. The third-order valence-electron chi connectivity index (χ3n) is 2.51. The molecule has 0 aliphatic carbocycles. The maximum absolute atomic E-state index is 4.37. The summed E-state index contributed by atoms with van der Waals surface area (Å²) in [6.07, 6.45) is 5.61. The lowest BCUT2D eigenvalue weighted by Gasteiger charge is -2.22. The molecular weight excluding hydrogens is 202 g/mol. The van der Waals surface area contributed by atoms with Gasteiger partial charge in [0.25, 0.3) is 0 Å². The van der Waals surface area contributed by atoms with Crippen LogP contribution in [0.15, 0.2) is 12.5 Å². The minimum absolute atomic E-state index is 0.808. The van der Waals surface area contributed by atoms with E-state index >= 15 is 0 Å². The van der Waals surface area contributed by atoms with E-state index in [1.54, 1.807) is 12.5 Å². The zero-order valence-electron chi connectivity index (χ0n) is 9.77. The molecule has 0 aliphatic heterocycles. The highest BCUT2D eigenvalue weighted by molar-refractivity contribution is 5.86. The molecule has 86 valence electrons. The van der Waals surface area contributed by atoms with Gasteiger partial charge < -0.3 is 4.90 Å². The Kier molecular flexibility index (Phi) is 3.34. The van der Waals surface area contributed by atoms with Gasteiger partial charge in [-0.15, -0.1) is 0 Å². The van der Waals surface area contributed by atoms with Gasteiger partial charge in [0.05, 0.1) is 11.6 Å². The van der Waals surface area contributed by atoms with Gasteiger partial charge in [0.15, 0.2) is 5.65 Å². The van der Waals surface area contributed by atoms with E-state index in [0.717, 1.165) is 42.8 Å². The maximum atomic E-state index is 4.37. The van der Waals surface area contributed by atoms with Crippen molar-refractivity contribution in [2.24, 2.45) is 0 Å². The molecule has 0 fully saturated rings. The molecule has 2 aromatic heterocycles. The highest BCUT2D eigenvalue weighted by Crippen LogP contribution is 2.21. The molecule has 0 unspecified atom stereocenters. The van der Waals surface area contributed by atoms with Gasteiger partial charge in [-0.1, -0.05) is 13.8 Å². The zero-order valence-corrected chi connectivity index (χ0v) is 9.77. The van der Waals surface area contributed by atoms with Crippen molar-refractivity contribution in [2.75, 3.05) is 18.0 Å². The van der Waals surface area contributed by atoms with E-state index in [0.29, 0.717) is 0 Å². The predicted octanol–water partition coefficient (Wildman–Crippen LogP) is 1.98. The summed E-state index contributed by atoms with van der Waals surface area (Å²) < 4.78 is 0. The summed E-state index contributed by atoms with van der Waals surface area (Å²) in [6, 6.07) is 0. The summed E-state index contributed by atoms with van der Waals surface area (Å²) in [6.45, 7) is 6.39. The number of rotatable bonds is 5. The van der Waals surface area contributed by atoms with Crippen LogP contribution in [-0.2, 0) is 0 Å². The van der Waals surface area contributed by atoms with Crippen LogP contribution in [0.25, 0.3) is 11.0 Å². The van der Waals surface area contributed by atoms with Crippen LogP contribution in [0.1, 0.15) is 26.7 Å². The fourth-order valence-electron chi connectivity index (χ4n) is 1.87. The van der Waals surface area contributed by atoms with Crippen molar-refractivity contribution in [1.29, 1.82) is 0 Å². The van der Waals surface area contributed by atoms with E-state index in [9.17, 15) is 0 Å². The van der Waals surface area contributed by atoms with E-state index in [1.165, 1.54) is 0 Å².